The summed E-state index contributed by atoms with van der Waals surface area (Å²) in [6.45, 7) is 10.4. The zero-order valence-electron chi connectivity index (χ0n) is 27.9. The molecule has 2 aromatic rings. The lowest BCUT2D eigenvalue weighted by molar-refractivity contribution is -0.152. The van der Waals surface area contributed by atoms with Gasteiger partial charge in [-0.1, -0.05) is 56.1 Å². The molecule has 1 heterocycles. The molecular weight excluding hydrogens is 608 g/mol. The van der Waals surface area contributed by atoms with E-state index < -0.39 is 44.1 Å². The molecule has 0 radical (unpaired) electrons. The highest BCUT2D eigenvalue weighted by molar-refractivity contribution is 6.76. The average Bonchev–Trinajstić information content (AvgIpc) is 3.32. The molecule has 3 rings (SSSR count). The van der Waals surface area contributed by atoms with Gasteiger partial charge in [0.1, 0.15) is 29.3 Å². The number of methoxy groups -OCH3 is 2. The van der Waals surface area contributed by atoms with Crippen LogP contribution in [0.25, 0.3) is 6.08 Å². The summed E-state index contributed by atoms with van der Waals surface area (Å²) in [5, 5.41) is 9.33. The van der Waals surface area contributed by atoms with E-state index in [1.807, 2.05) is 12.1 Å². The maximum Gasteiger partial charge on any atom is 0.342 e. The number of carbonyl (C=O) groups excluding carboxylic acids is 2. The van der Waals surface area contributed by atoms with Crippen molar-refractivity contribution in [3.8, 4) is 11.5 Å². The third kappa shape index (κ3) is 11.4. The Kier molecular flexibility index (Phi) is 14.0. The van der Waals surface area contributed by atoms with Crippen molar-refractivity contribution in [2.24, 2.45) is 0 Å². The lowest BCUT2D eigenvalue weighted by Gasteiger charge is -2.24. The van der Waals surface area contributed by atoms with Gasteiger partial charge in [-0.3, -0.25) is 0 Å². The van der Waals surface area contributed by atoms with E-state index >= 15 is 0 Å². The van der Waals surface area contributed by atoms with E-state index in [0.717, 1.165) is 6.04 Å². The third-order valence-corrected chi connectivity index (χ3v) is 8.75. The molecule has 46 heavy (non-hydrogen) atoms. The monoisotopic (exact) mass is 656 g/mol. The van der Waals surface area contributed by atoms with Crippen LogP contribution in [0.3, 0.4) is 0 Å². The molecule has 1 aliphatic rings. The molecule has 1 saturated heterocycles. The fraction of sp³-hybridized carbons (Fsp3) is 0.486. The van der Waals surface area contributed by atoms with Crippen LogP contribution in [0.4, 0.5) is 0 Å². The van der Waals surface area contributed by atoms with Crippen molar-refractivity contribution in [2.45, 2.75) is 76.5 Å². The molecule has 1 fully saturated rings. The minimum absolute atomic E-state index is 0.0466. The van der Waals surface area contributed by atoms with E-state index in [4.69, 9.17) is 33.2 Å². The number of hydrogen-bond donors (Lipinski definition) is 1. The molecule has 0 saturated carbocycles. The van der Waals surface area contributed by atoms with Crippen LogP contribution in [0.2, 0.25) is 25.7 Å². The molecule has 252 valence electrons. The molecule has 3 atom stereocenters. The second kappa shape index (κ2) is 17.4. The highest BCUT2D eigenvalue weighted by Crippen LogP contribution is 2.35. The van der Waals surface area contributed by atoms with Crippen LogP contribution in [0, 0.1) is 0 Å². The predicted octanol–water partition coefficient (Wildman–Crippen LogP) is 6.26. The number of carbonyl (C=O) groups is 2. The summed E-state index contributed by atoms with van der Waals surface area (Å²) in [7, 11) is 1.60. The number of esters is 2. The van der Waals surface area contributed by atoms with E-state index in [2.05, 4.69) is 19.6 Å². The highest BCUT2D eigenvalue weighted by atomic mass is 28.3. The van der Waals surface area contributed by atoms with Crippen molar-refractivity contribution >= 4 is 26.1 Å². The highest BCUT2D eigenvalue weighted by Gasteiger charge is 2.45. The van der Waals surface area contributed by atoms with Crippen LogP contribution in [-0.4, -0.2) is 83.4 Å². The van der Waals surface area contributed by atoms with Gasteiger partial charge in [0.05, 0.1) is 25.4 Å². The largest absolute Gasteiger partial charge is 0.497 e. The van der Waals surface area contributed by atoms with Crippen LogP contribution in [-0.2, 0) is 23.7 Å². The second-order valence-electron chi connectivity index (χ2n) is 12.5. The number of benzene rings is 2. The van der Waals surface area contributed by atoms with Crippen LogP contribution in [0.5, 0.6) is 11.5 Å². The third-order valence-electron chi connectivity index (χ3n) is 7.05. The van der Waals surface area contributed by atoms with Crippen LogP contribution in [0.1, 0.15) is 53.0 Å². The van der Waals surface area contributed by atoms with Gasteiger partial charge in [0.25, 0.3) is 0 Å². The van der Waals surface area contributed by atoms with E-state index in [0.29, 0.717) is 36.3 Å². The number of hydrogen-bond acceptors (Lipinski definition) is 10. The van der Waals surface area contributed by atoms with Crippen molar-refractivity contribution in [3.05, 3.63) is 77.4 Å². The van der Waals surface area contributed by atoms with E-state index in [9.17, 15) is 14.7 Å². The number of ether oxygens (including phenoxy) is 7. The van der Waals surface area contributed by atoms with E-state index in [1.54, 1.807) is 68.5 Å². The van der Waals surface area contributed by atoms with Crippen molar-refractivity contribution in [3.63, 3.8) is 0 Å². The van der Waals surface area contributed by atoms with Crippen LogP contribution >= 0.6 is 0 Å². The van der Waals surface area contributed by atoms with Gasteiger partial charge in [0, 0.05) is 27.9 Å². The summed E-state index contributed by atoms with van der Waals surface area (Å²) in [5.74, 6) is -1.19. The standard InChI is InChI=1S/C35H48O10Si/c1-35(2)44-29(32(45-35)28(17-11-12-19-36)43-33(37)25-14-9-8-10-15-25)18-13-16-26-22-27(40-4)23-30(42-24-39-3)31(26)34(38)41-20-21-46(5,6)7/h8-11,13-17,22-23,28-29,32,36H,12,18-21,24H2,1-7H3/b16-13+,17-11-/t28?,29-,32?/m0/s1. The molecule has 0 aliphatic carbocycles. The summed E-state index contributed by atoms with van der Waals surface area (Å²) in [4.78, 5) is 26.4. The van der Waals surface area contributed by atoms with Gasteiger partial charge in [-0.2, -0.15) is 0 Å². The quantitative estimate of drug-likeness (QED) is 0.0905. The Bertz CT molecular complexity index is 1330. The maximum atomic E-state index is 13.4. The Morgan fingerprint density at radius 2 is 1.78 bits per heavy atom. The van der Waals surface area contributed by atoms with Gasteiger partial charge in [-0.25, -0.2) is 9.59 Å². The van der Waals surface area contributed by atoms with Gasteiger partial charge < -0.3 is 38.3 Å². The van der Waals surface area contributed by atoms with E-state index in [-0.39, 0.29) is 24.7 Å². The molecule has 2 unspecified atom stereocenters. The summed E-state index contributed by atoms with van der Waals surface area (Å²) in [6, 6.07) is 12.9. The Morgan fingerprint density at radius 1 is 1.04 bits per heavy atom. The first kappa shape index (κ1) is 37.0. The van der Waals surface area contributed by atoms with Gasteiger partial charge in [-0.05, 0) is 62.6 Å². The molecule has 0 amide bonds. The SMILES string of the molecule is COCOc1cc(OC)cc(/C=C/C[C@@H]2OC(C)(C)OC2C(/C=C\CCO)OC(=O)c2ccccc2)c1C(=O)OCC[Si](C)(C)C. The predicted molar refractivity (Wildman–Crippen MR) is 178 cm³/mol. The fourth-order valence-corrected chi connectivity index (χ4v) is 5.49. The van der Waals surface area contributed by atoms with Crippen molar-refractivity contribution in [2.75, 3.05) is 34.2 Å². The first-order valence-electron chi connectivity index (χ1n) is 15.4. The minimum atomic E-state index is -1.43. The molecular formula is C35H48O10Si. The molecule has 1 N–H and O–H groups in total. The topological polar surface area (TPSA) is 119 Å². The zero-order valence-corrected chi connectivity index (χ0v) is 28.9. The number of aliphatic hydroxyl groups is 1. The molecule has 0 aromatic heterocycles. The molecule has 0 spiro atoms. The first-order valence-corrected chi connectivity index (χ1v) is 19.1. The van der Waals surface area contributed by atoms with Crippen molar-refractivity contribution < 1.29 is 47.9 Å². The fourth-order valence-electron chi connectivity index (χ4n) is 4.78. The summed E-state index contributed by atoms with van der Waals surface area (Å²) >= 11 is 0. The Morgan fingerprint density at radius 3 is 2.43 bits per heavy atom. The van der Waals surface area contributed by atoms with Crippen molar-refractivity contribution in [1.82, 2.24) is 0 Å². The average molecular weight is 657 g/mol. The van der Waals surface area contributed by atoms with E-state index in [1.165, 1.54) is 14.2 Å². The lowest BCUT2D eigenvalue weighted by Crippen LogP contribution is -2.37. The zero-order chi connectivity index (χ0) is 33.7. The van der Waals surface area contributed by atoms with Gasteiger partial charge >= 0.3 is 11.9 Å². The molecule has 1 aliphatic heterocycles. The summed E-state index contributed by atoms with van der Waals surface area (Å²) < 4.78 is 40.5. The minimum Gasteiger partial charge on any atom is -0.497 e. The number of aliphatic hydroxyl groups excluding tert-OH is 1. The second-order valence-corrected chi connectivity index (χ2v) is 18.2. The summed E-state index contributed by atoms with van der Waals surface area (Å²) in [5.41, 5.74) is 1.20. The maximum absolute atomic E-state index is 13.4. The van der Waals surface area contributed by atoms with Crippen molar-refractivity contribution in [1.29, 1.82) is 0 Å². The lowest BCUT2D eigenvalue weighted by atomic mass is 10.0. The van der Waals surface area contributed by atoms with Gasteiger partial charge in [0.15, 0.2) is 12.6 Å². The Balaban J connectivity index is 1.90. The van der Waals surface area contributed by atoms with Crippen LogP contribution < -0.4 is 9.47 Å². The number of rotatable bonds is 17. The Labute approximate surface area is 273 Å². The van der Waals surface area contributed by atoms with Gasteiger partial charge in [0.2, 0.25) is 0 Å². The van der Waals surface area contributed by atoms with Gasteiger partial charge in [-0.15, -0.1) is 0 Å². The Hall–Kier alpha value is -3.48. The van der Waals surface area contributed by atoms with Crippen LogP contribution in [0.15, 0.2) is 60.7 Å². The normalized spacial score (nSPS) is 18.5. The molecule has 11 heteroatoms. The molecule has 2 aromatic carbocycles. The molecule has 0 bridgehead atoms. The summed E-state index contributed by atoms with van der Waals surface area (Å²) in [6.07, 6.45) is 5.92. The first-order chi connectivity index (χ1) is 21.9. The smallest absolute Gasteiger partial charge is 0.342 e. The molecule has 10 nitrogen and oxygen atoms in total.